The van der Waals surface area contributed by atoms with Crippen molar-refractivity contribution < 1.29 is 0 Å². The molecule has 0 spiro atoms. The Bertz CT molecular complexity index is 856. The Balaban J connectivity index is 2.70. The molecule has 0 saturated heterocycles. The van der Waals surface area contributed by atoms with Gasteiger partial charge in [0.2, 0.25) is 5.95 Å². The van der Waals surface area contributed by atoms with Crippen molar-refractivity contribution in [3.63, 3.8) is 0 Å². The predicted octanol–water partition coefficient (Wildman–Crippen LogP) is -1.35. The third-order valence-corrected chi connectivity index (χ3v) is 2.39. The molecule has 3 aromatic heterocycles. The molecule has 0 atom stereocenters. The fraction of sp³-hybridized carbons (Fsp3) is 0. The first-order chi connectivity index (χ1) is 8.06. The molecule has 0 aliphatic heterocycles. The summed E-state index contributed by atoms with van der Waals surface area (Å²) in [4.78, 5) is 37.8. The first-order valence-electron chi connectivity index (χ1n) is 4.63. The van der Waals surface area contributed by atoms with Crippen LogP contribution in [0.3, 0.4) is 0 Å². The molecule has 0 aromatic carbocycles. The smallest absolute Gasteiger partial charge is 0.348 e. The van der Waals surface area contributed by atoms with Crippen LogP contribution in [0.4, 0.5) is 11.8 Å². The standard InChI is InChI=1S/C8H7N7O2/c9-3-1-2-5(13-7(10)15-6(2)16)12-4(1)14-8(17)11-3/h(H7,9,10,11,12,13,14,15,16,17). The molecule has 0 aliphatic rings. The van der Waals surface area contributed by atoms with E-state index in [1.165, 1.54) is 0 Å². The number of rotatable bonds is 0. The number of aromatic nitrogens is 5. The minimum Gasteiger partial charge on any atom is -0.385 e. The van der Waals surface area contributed by atoms with E-state index in [-0.39, 0.29) is 28.4 Å². The molecule has 3 heterocycles. The van der Waals surface area contributed by atoms with Crippen LogP contribution >= 0.6 is 0 Å². The number of nitrogens with zero attached hydrogens (tertiary/aromatic N) is 2. The van der Waals surface area contributed by atoms with E-state index in [2.05, 4.69) is 24.9 Å². The van der Waals surface area contributed by atoms with Gasteiger partial charge >= 0.3 is 5.69 Å². The number of anilines is 2. The van der Waals surface area contributed by atoms with Crippen LogP contribution in [0.15, 0.2) is 9.59 Å². The van der Waals surface area contributed by atoms with Gasteiger partial charge in [-0.1, -0.05) is 0 Å². The monoisotopic (exact) mass is 233 g/mol. The average Bonchev–Trinajstić information content (AvgIpc) is 2.55. The highest BCUT2D eigenvalue weighted by Crippen LogP contribution is 2.22. The molecule has 3 aromatic rings. The van der Waals surface area contributed by atoms with E-state index < -0.39 is 11.2 Å². The molecule has 0 saturated carbocycles. The van der Waals surface area contributed by atoms with Gasteiger partial charge in [0.15, 0.2) is 0 Å². The van der Waals surface area contributed by atoms with E-state index in [4.69, 9.17) is 11.5 Å². The summed E-state index contributed by atoms with van der Waals surface area (Å²) < 4.78 is 0. The number of nitrogens with one attached hydrogen (secondary N) is 3. The number of nitrogens with two attached hydrogens (primary N) is 2. The normalized spacial score (nSPS) is 11.3. The number of nitrogen functional groups attached to an aromatic ring is 2. The molecule has 0 fully saturated rings. The highest BCUT2D eigenvalue weighted by Gasteiger charge is 2.14. The molecule has 0 aliphatic carbocycles. The maximum atomic E-state index is 11.7. The van der Waals surface area contributed by atoms with Crippen LogP contribution in [0.2, 0.25) is 0 Å². The molecule has 86 valence electrons. The van der Waals surface area contributed by atoms with Crippen LogP contribution in [0.25, 0.3) is 22.1 Å². The Kier molecular flexibility index (Phi) is 1.57. The van der Waals surface area contributed by atoms with Gasteiger partial charge in [0, 0.05) is 0 Å². The van der Waals surface area contributed by atoms with Crippen molar-refractivity contribution >= 4 is 33.8 Å². The van der Waals surface area contributed by atoms with Crippen LogP contribution in [0, 0.1) is 0 Å². The molecule has 9 heteroatoms. The van der Waals surface area contributed by atoms with Gasteiger partial charge in [0.05, 0.1) is 10.8 Å². The molecule has 0 amide bonds. The van der Waals surface area contributed by atoms with Gasteiger partial charge in [-0.25, -0.2) is 4.79 Å². The van der Waals surface area contributed by atoms with Crippen LogP contribution in [-0.4, -0.2) is 24.9 Å². The zero-order valence-corrected chi connectivity index (χ0v) is 8.37. The fourth-order valence-electron chi connectivity index (χ4n) is 1.76. The molecule has 7 N–H and O–H groups in total. The lowest BCUT2D eigenvalue weighted by molar-refractivity contribution is 1.11. The summed E-state index contributed by atoms with van der Waals surface area (Å²) in [6.07, 6.45) is 0. The zero-order valence-electron chi connectivity index (χ0n) is 8.37. The zero-order chi connectivity index (χ0) is 12.2. The van der Waals surface area contributed by atoms with Crippen molar-refractivity contribution in [1.29, 1.82) is 0 Å². The maximum Gasteiger partial charge on any atom is 0.348 e. The number of aromatic amines is 3. The second-order valence-corrected chi connectivity index (χ2v) is 3.48. The van der Waals surface area contributed by atoms with Gasteiger partial charge in [-0.2, -0.15) is 9.97 Å². The summed E-state index contributed by atoms with van der Waals surface area (Å²) in [5, 5.41) is 0.545. The molecule has 0 unspecified atom stereocenters. The van der Waals surface area contributed by atoms with Gasteiger partial charge < -0.3 is 16.5 Å². The van der Waals surface area contributed by atoms with Gasteiger partial charge in [-0.05, 0) is 0 Å². The molecule has 0 bridgehead atoms. The Morgan fingerprint density at radius 2 is 1.59 bits per heavy atom. The minimum atomic E-state index is -0.606. The van der Waals surface area contributed by atoms with Gasteiger partial charge in [0.1, 0.15) is 17.1 Å². The minimum absolute atomic E-state index is 0.0287. The molecule has 9 nitrogen and oxygen atoms in total. The van der Waals surface area contributed by atoms with Gasteiger partial charge in [-0.15, -0.1) is 0 Å². The Labute approximate surface area is 91.9 Å². The first kappa shape index (κ1) is 9.39. The van der Waals surface area contributed by atoms with Crippen molar-refractivity contribution in [2.45, 2.75) is 0 Å². The molecular formula is C8H7N7O2. The summed E-state index contributed by atoms with van der Waals surface area (Å²) in [5.41, 5.74) is 10.4. The van der Waals surface area contributed by atoms with Crippen molar-refractivity contribution in [2.75, 3.05) is 11.5 Å². The van der Waals surface area contributed by atoms with E-state index in [1.54, 1.807) is 0 Å². The molecule has 17 heavy (non-hydrogen) atoms. The van der Waals surface area contributed by atoms with Crippen LogP contribution in [0.1, 0.15) is 0 Å². The Morgan fingerprint density at radius 3 is 2.35 bits per heavy atom. The van der Waals surface area contributed by atoms with Crippen molar-refractivity contribution in [2.24, 2.45) is 0 Å². The second-order valence-electron chi connectivity index (χ2n) is 3.48. The van der Waals surface area contributed by atoms with E-state index >= 15 is 0 Å². The number of fused-ring (bicyclic) bond motifs is 3. The Hall–Kier alpha value is -2.84. The highest BCUT2D eigenvalue weighted by molar-refractivity contribution is 6.09. The Morgan fingerprint density at radius 1 is 0.882 bits per heavy atom. The van der Waals surface area contributed by atoms with E-state index in [0.29, 0.717) is 5.39 Å². The van der Waals surface area contributed by atoms with Crippen LogP contribution in [0.5, 0.6) is 0 Å². The van der Waals surface area contributed by atoms with E-state index in [0.717, 1.165) is 0 Å². The molecule has 3 rings (SSSR count). The van der Waals surface area contributed by atoms with Crippen molar-refractivity contribution in [3.8, 4) is 0 Å². The highest BCUT2D eigenvalue weighted by atomic mass is 16.1. The van der Waals surface area contributed by atoms with E-state index in [1.807, 2.05) is 0 Å². The lowest BCUT2D eigenvalue weighted by atomic mass is 10.3. The number of hydrogen-bond donors (Lipinski definition) is 5. The lowest BCUT2D eigenvalue weighted by Crippen LogP contribution is -2.13. The van der Waals surface area contributed by atoms with E-state index in [9.17, 15) is 9.59 Å². The predicted molar refractivity (Wildman–Crippen MR) is 61.5 cm³/mol. The third-order valence-electron chi connectivity index (χ3n) is 2.39. The summed E-state index contributed by atoms with van der Waals surface area (Å²) in [6.45, 7) is 0. The van der Waals surface area contributed by atoms with Crippen LogP contribution < -0.4 is 22.7 Å². The fourth-order valence-corrected chi connectivity index (χ4v) is 1.76. The summed E-state index contributed by atoms with van der Waals surface area (Å²) in [5.74, 6) is 0.0299. The molecule has 0 radical (unpaired) electrons. The summed E-state index contributed by atoms with van der Waals surface area (Å²) in [7, 11) is 0. The van der Waals surface area contributed by atoms with Crippen molar-refractivity contribution in [3.05, 3.63) is 20.8 Å². The summed E-state index contributed by atoms with van der Waals surface area (Å²) in [6, 6.07) is 0. The van der Waals surface area contributed by atoms with Crippen molar-refractivity contribution in [1.82, 2.24) is 24.9 Å². The SMILES string of the molecule is Nc1nc2[nH]c3nc(=O)[nH]c(N)c3c2c(=O)[nH]1. The number of hydrogen-bond acceptors (Lipinski definition) is 6. The molecular weight excluding hydrogens is 226 g/mol. The summed E-state index contributed by atoms with van der Waals surface area (Å²) >= 11 is 0. The van der Waals surface area contributed by atoms with Gasteiger partial charge in [0.25, 0.3) is 5.56 Å². The quantitative estimate of drug-likeness (QED) is 0.322. The largest absolute Gasteiger partial charge is 0.385 e. The number of H-pyrrole nitrogens is 3. The second kappa shape index (κ2) is 2.84. The topological polar surface area (TPSA) is 159 Å². The maximum absolute atomic E-state index is 11.7. The average molecular weight is 233 g/mol. The van der Waals surface area contributed by atoms with Gasteiger partial charge in [-0.3, -0.25) is 14.8 Å². The van der Waals surface area contributed by atoms with Crippen LogP contribution in [-0.2, 0) is 0 Å². The lowest BCUT2D eigenvalue weighted by Gasteiger charge is -1.95. The first-order valence-corrected chi connectivity index (χ1v) is 4.63. The third kappa shape index (κ3) is 1.19.